The van der Waals surface area contributed by atoms with E-state index in [-0.39, 0.29) is 23.6 Å². The minimum absolute atomic E-state index is 0.0528. The van der Waals surface area contributed by atoms with Crippen molar-refractivity contribution >= 4 is 29.5 Å². The SMILES string of the molecule is CCc1cc(Nc2nccn3c(-c4cn(CCC(C)C)nc4C(F)(F)F)cnc23)ccc1C(=O)NCCOCCN.O=CO. The Kier molecular flexibility index (Phi) is 12.2. The first kappa shape index (κ1) is 34.0. The van der Waals surface area contributed by atoms with Gasteiger partial charge < -0.3 is 26.2 Å². The van der Waals surface area contributed by atoms with Gasteiger partial charge in [0.05, 0.1) is 30.7 Å². The summed E-state index contributed by atoms with van der Waals surface area (Å²) in [6, 6.07) is 5.31. The van der Waals surface area contributed by atoms with Crippen molar-refractivity contribution in [1.29, 1.82) is 0 Å². The Bertz CT molecular complexity index is 1530. The molecule has 0 bridgehead atoms. The number of halogens is 3. The lowest BCUT2D eigenvalue weighted by atomic mass is 10.0. The number of nitrogens with one attached hydrogen (secondary N) is 2. The molecular weight excluding hydrogens is 581 g/mol. The number of benzene rings is 1. The van der Waals surface area contributed by atoms with Crippen LogP contribution in [0.1, 0.15) is 48.8 Å². The third-order valence-corrected chi connectivity index (χ3v) is 6.46. The van der Waals surface area contributed by atoms with E-state index in [9.17, 15) is 18.0 Å². The Hall–Kier alpha value is -4.50. The molecule has 0 radical (unpaired) electrons. The molecule has 0 aliphatic heterocycles. The molecule has 3 heterocycles. The highest BCUT2D eigenvalue weighted by Crippen LogP contribution is 2.37. The number of alkyl halides is 3. The van der Waals surface area contributed by atoms with Gasteiger partial charge in [0.15, 0.2) is 17.2 Å². The van der Waals surface area contributed by atoms with Gasteiger partial charge in [0, 0.05) is 49.5 Å². The molecule has 1 aromatic carbocycles. The van der Waals surface area contributed by atoms with Crippen molar-refractivity contribution in [2.45, 2.75) is 46.3 Å². The molecule has 0 saturated carbocycles. The van der Waals surface area contributed by atoms with Gasteiger partial charge in [0.1, 0.15) is 0 Å². The van der Waals surface area contributed by atoms with Gasteiger partial charge in [-0.25, -0.2) is 9.97 Å². The molecule has 0 aliphatic rings. The van der Waals surface area contributed by atoms with Crippen LogP contribution in [-0.4, -0.2) is 67.9 Å². The van der Waals surface area contributed by atoms with Crippen LogP contribution in [0.5, 0.6) is 0 Å². The van der Waals surface area contributed by atoms with Crippen LogP contribution >= 0.6 is 0 Å². The van der Waals surface area contributed by atoms with E-state index in [0.717, 1.165) is 5.56 Å². The van der Waals surface area contributed by atoms with Crippen LogP contribution in [0.15, 0.2) is 43.0 Å². The van der Waals surface area contributed by atoms with Gasteiger partial charge in [0.2, 0.25) is 0 Å². The van der Waals surface area contributed by atoms with E-state index in [4.69, 9.17) is 20.4 Å². The van der Waals surface area contributed by atoms with Gasteiger partial charge in [0.25, 0.3) is 12.4 Å². The van der Waals surface area contributed by atoms with Crippen molar-refractivity contribution < 1.29 is 32.6 Å². The maximum Gasteiger partial charge on any atom is 0.435 e. The zero-order chi connectivity index (χ0) is 32.3. The molecule has 12 nitrogen and oxygen atoms in total. The number of carbonyl (C=O) groups is 2. The Morgan fingerprint density at radius 1 is 1.23 bits per heavy atom. The number of nitrogens with two attached hydrogens (primary N) is 1. The number of aryl methyl sites for hydroxylation is 2. The fourth-order valence-corrected chi connectivity index (χ4v) is 4.37. The van der Waals surface area contributed by atoms with Crippen molar-refractivity contribution in [3.8, 4) is 11.3 Å². The molecule has 5 N–H and O–H groups in total. The maximum atomic E-state index is 13.9. The van der Waals surface area contributed by atoms with Crippen LogP contribution in [0.25, 0.3) is 16.9 Å². The van der Waals surface area contributed by atoms with Crippen molar-refractivity contribution in [2.24, 2.45) is 11.7 Å². The number of carboxylic acid groups (broad SMARTS) is 1. The largest absolute Gasteiger partial charge is 0.483 e. The molecule has 3 aromatic heterocycles. The molecule has 0 atom stereocenters. The van der Waals surface area contributed by atoms with Crippen LogP contribution in [0.2, 0.25) is 0 Å². The van der Waals surface area contributed by atoms with E-state index >= 15 is 0 Å². The van der Waals surface area contributed by atoms with E-state index in [1.807, 2.05) is 26.8 Å². The third-order valence-electron chi connectivity index (χ3n) is 6.46. The average Bonchev–Trinajstić information content (AvgIpc) is 3.61. The third kappa shape index (κ3) is 8.76. The number of hydrogen-bond donors (Lipinski definition) is 4. The predicted octanol–water partition coefficient (Wildman–Crippen LogP) is 4.37. The number of imidazole rings is 1. The summed E-state index contributed by atoms with van der Waals surface area (Å²) in [5, 5.41) is 16.8. The highest BCUT2D eigenvalue weighted by Gasteiger charge is 2.38. The topological polar surface area (TPSA) is 162 Å². The number of amides is 1. The van der Waals surface area contributed by atoms with Crippen LogP contribution in [0, 0.1) is 5.92 Å². The minimum atomic E-state index is -4.63. The average molecular weight is 619 g/mol. The lowest BCUT2D eigenvalue weighted by Gasteiger charge is -2.13. The van der Waals surface area contributed by atoms with Gasteiger partial charge in [-0.15, -0.1) is 0 Å². The van der Waals surface area contributed by atoms with E-state index in [1.165, 1.54) is 23.3 Å². The Morgan fingerprint density at radius 3 is 2.64 bits per heavy atom. The van der Waals surface area contributed by atoms with Gasteiger partial charge in [-0.2, -0.15) is 18.3 Å². The molecule has 15 heteroatoms. The second kappa shape index (κ2) is 15.8. The number of hydrogen-bond acceptors (Lipinski definition) is 8. The Morgan fingerprint density at radius 2 is 1.98 bits per heavy atom. The summed E-state index contributed by atoms with van der Waals surface area (Å²) in [7, 11) is 0. The van der Waals surface area contributed by atoms with Gasteiger partial charge >= 0.3 is 6.18 Å². The zero-order valence-electron chi connectivity index (χ0n) is 24.8. The van der Waals surface area contributed by atoms with Crippen LogP contribution in [0.4, 0.5) is 24.7 Å². The molecule has 0 unspecified atom stereocenters. The van der Waals surface area contributed by atoms with E-state index < -0.39 is 11.9 Å². The van der Waals surface area contributed by atoms with E-state index in [1.54, 1.807) is 22.7 Å². The molecule has 44 heavy (non-hydrogen) atoms. The number of rotatable bonds is 13. The molecule has 1 amide bonds. The molecule has 0 saturated heterocycles. The first-order valence-electron chi connectivity index (χ1n) is 14.0. The first-order chi connectivity index (χ1) is 21.0. The standard InChI is InChI=1S/C28H35F3N8O2.CH2O2/c1-4-19-15-20(5-6-21(19)27(40)34-10-14-41-13-8-32)36-25-26-35-16-23(39(26)12-9-33-25)22-17-38(11-7-18(2)3)37-24(22)28(29,30)31;2-1-3/h5-6,9,12,15-18H,4,7-8,10-11,13-14,32H2,1-3H3,(H,33,36)(H,34,40);1H,(H,2,3). The smallest absolute Gasteiger partial charge is 0.435 e. The summed E-state index contributed by atoms with van der Waals surface area (Å²) in [4.78, 5) is 29.8. The van der Waals surface area contributed by atoms with Gasteiger partial charge in [-0.05, 0) is 42.5 Å². The molecule has 238 valence electrons. The predicted molar refractivity (Wildman–Crippen MR) is 159 cm³/mol. The summed E-state index contributed by atoms with van der Waals surface area (Å²) in [6.45, 7) is 7.67. The van der Waals surface area contributed by atoms with Crippen molar-refractivity contribution in [3.05, 3.63) is 59.8 Å². The molecule has 0 aliphatic carbocycles. The van der Waals surface area contributed by atoms with Crippen LogP contribution in [-0.2, 0) is 28.7 Å². The normalized spacial score (nSPS) is 11.4. The van der Waals surface area contributed by atoms with E-state index in [0.29, 0.717) is 74.3 Å². The fraction of sp³-hybridized carbons (Fsp3) is 0.414. The Balaban J connectivity index is 0.00000169. The number of ether oxygens (including phenoxy) is 1. The highest BCUT2D eigenvalue weighted by molar-refractivity contribution is 5.96. The summed E-state index contributed by atoms with van der Waals surface area (Å²) >= 11 is 0. The minimum Gasteiger partial charge on any atom is -0.483 e. The van der Waals surface area contributed by atoms with Crippen molar-refractivity contribution in [1.82, 2.24) is 29.5 Å². The number of fused-ring (bicyclic) bond motifs is 1. The summed E-state index contributed by atoms with van der Waals surface area (Å²) in [6.07, 6.45) is 2.55. The summed E-state index contributed by atoms with van der Waals surface area (Å²) < 4.78 is 50.0. The number of nitrogens with zero attached hydrogens (tertiary/aromatic N) is 5. The lowest BCUT2D eigenvalue weighted by Crippen LogP contribution is -2.28. The zero-order valence-corrected chi connectivity index (χ0v) is 24.8. The summed E-state index contributed by atoms with van der Waals surface area (Å²) in [5.74, 6) is 0.471. The maximum absolute atomic E-state index is 13.9. The monoisotopic (exact) mass is 618 g/mol. The van der Waals surface area contributed by atoms with Crippen molar-refractivity contribution in [2.75, 3.05) is 31.6 Å². The second-order valence-corrected chi connectivity index (χ2v) is 10.1. The van der Waals surface area contributed by atoms with Gasteiger partial charge in [-0.1, -0.05) is 20.8 Å². The first-order valence-corrected chi connectivity index (χ1v) is 14.0. The van der Waals surface area contributed by atoms with Gasteiger partial charge in [-0.3, -0.25) is 18.7 Å². The van der Waals surface area contributed by atoms with Crippen LogP contribution in [0.3, 0.4) is 0 Å². The van der Waals surface area contributed by atoms with E-state index in [2.05, 4.69) is 25.7 Å². The lowest BCUT2D eigenvalue weighted by molar-refractivity contribution is -0.141. The Labute approximate surface area is 252 Å². The molecule has 0 spiro atoms. The highest BCUT2D eigenvalue weighted by atomic mass is 19.4. The second-order valence-electron chi connectivity index (χ2n) is 10.1. The number of carbonyl (C=O) groups excluding carboxylic acids is 1. The fourth-order valence-electron chi connectivity index (χ4n) is 4.37. The number of anilines is 2. The molecule has 4 aromatic rings. The van der Waals surface area contributed by atoms with Crippen molar-refractivity contribution in [3.63, 3.8) is 0 Å². The quantitative estimate of drug-likeness (QED) is 0.126. The number of aromatic nitrogens is 5. The van der Waals surface area contributed by atoms with Crippen LogP contribution < -0.4 is 16.4 Å². The molecular formula is C29H37F3N8O4. The molecule has 4 rings (SSSR count). The molecule has 0 fully saturated rings. The summed E-state index contributed by atoms with van der Waals surface area (Å²) in [5.41, 5.74) is 7.01.